The maximum Gasteiger partial charge on any atom is 0.250 e. The minimum absolute atomic E-state index is 0.254. The van der Waals surface area contributed by atoms with Gasteiger partial charge in [-0.05, 0) is 26.0 Å². The summed E-state index contributed by atoms with van der Waals surface area (Å²) in [4.78, 5) is 27.6. The molecule has 0 spiro atoms. The minimum Gasteiger partial charge on any atom is -0.366 e. The predicted octanol–water partition coefficient (Wildman–Crippen LogP) is 1.33. The molecule has 1 aromatic heterocycles. The van der Waals surface area contributed by atoms with Gasteiger partial charge in [-0.25, -0.2) is 4.98 Å². The highest BCUT2D eigenvalue weighted by Crippen LogP contribution is 2.21. The summed E-state index contributed by atoms with van der Waals surface area (Å²) in [5.74, 6) is -0.156. The number of nitrogens with two attached hydrogens (primary N) is 1. The van der Waals surface area contributed by atoms with Crippen LogP contribution >= 0.6 is 11.8 Å². The Morgan fingerprint density at radius 1 is 1.38 bits per heavy atom. The van der Waals surface area contributed by atoms with E-state index in [-0.39, 0.29) is 11.5 Å². The maximum atomic E-state index is 12.1. The number of aryl methyl sites for hydroxylation is 1. The quantitative estimate of drug-likeness (QED) is 0.721. The van der Waals surface area contributed by atoms with E-state index in [2.05, 4.69) is 20.5 Å². The van der Waals surface area contributed by atoms with Gasteiger partial charge in [0.1, 0.15) is 5.82 Å². The van der Waals surface area contributed by atoms with Gasteiger partial charge in [-0.15, -0.1) is 5.10 Å². The second kappa shape index (κ2) is 6.40. The number of para-hydroxylation sites is 1. The molecule has 8 heteroatoms. The van der Waals surface area contributed by atoms with E-state index in [4.69, 9.17) is 5.73 Å². The number of rotatable bonds is 5. The van der Waals surface area contributed by atoms with E-state index < -0.39 is 11.2 Å². The molecule has 2 aromatic rings. The number of thioether (sulfide) groups is 1. The van der Waals surface area contributed by atoms with Gasteiger partial charge in [-0.2, -0.15) is 0 Å². The highest BCUT2D eigenvalue weighted by Gasteiger charge is 2.18. The Morgan fingerprint density at radius 3 is 2.71 bits per heavy atom. The maximum absolute atomic E-state index is 12.1. The number of H-pyrrole nitrogens is 1. The summed E-state index contributed by atoms with van der Waals surface area (Å²) < 4.78 is 0. The van der Waals surface area contributed by atoms with Crippen LogP contribution in [-0.2, 0) is 4.79 Å². The van der Waals surface area contributed by atoms with E-state index in [0.717, 1.165) is 0 Å². The number of aromatic nitrogens is 3. The van der Waals surface area contributed by atoms with Crippen LogP contribution in [0.1, 0.15) is 23.1 Å². The van der Waals surface area contributed by atoms with Crippen LogP contribution in [-0.4, -0.2) is 32.2 Å². The van der Waals surface area contributed by atoms with Gasteiger partial charge < -0.3 is 11.1 Å². The van der Waals surface area contributed by atoms with Gasteiger partial charge in [0.05, 0.1) is 16.5 Å². The van der Waals surface area contributed by atoms with Crippen molar-refractivity contribution in [3.63, 3.8) is 0 Å². The summed E-state index contributed by atoms with van der Waals surface area (Å²) in [6.45, 7) is 3.52. The zero-order valence-electron chi connectivity index (χ0n) is 11.6. The molecule has 0 unspecified atom stereocenters. The molecule has 21 heavy (non-hydrogen) atoms. The summed E-state index contributed by atoms with van der Waals surface area (Å²) in [6.07, 6.45) is 0. The van der Waals surface area contributed by atoms with Gasteiger partial charge in [-0.1, -0.05) is 23.9 Å². The van der Waals surface area contributed by atoms with E-state index in [1.54, 1.807) is 38.1 Å². The van der Waals surface area contributed by atoms with Crippen LogP contribution < -0.4 is 11.1 Å². The number of benzene rings is 1. The molecule has 0 bridgehead atoms. The fraction of sp³-hybridized carbons (Fsp3) is 0.231. The Bertz CT molecular complexity index is 670. The van der Waals surface area contributed by atoms with Crippen LogP contribution in [0.15, 0.2) is 29.4 Å². The normalized spacial score (nSPS) is 11.9. The molecule has 4 N–H and O–H groups in total. The second-order valence-electron chi connectivity index (χ2n) is 4.36. The van der Waals surface area contributed by atoms with Gasteiger partial charge >= 0.3 is 0 Å². The molecule has 0 fully saturated rings. The second-order valence-corrected chi connectivity index (χ2v) is 5.67. The van der Waals surface area contributed by atoms with Crippen molar-refractivity contribution in [3.05, 3.63) is 35.7 Å². The first-order valence-electron chi connectivity index (χ1n) is 6.22. The number of nitrogens with zero attached hydrogens (tertiary/aromatic N) is 2. The van der Waals surface area contributed by atoms with Gasteiger partial charge in [0.25, 0.3) is 5.91 Å². The summed E-state index contributed by atoms with van der Waals surface area (Å²) in [5.41, 5.74) is 5.94. The fourth-order valence-corrected chi connectivity index (χ4v) is 2.40. The van der Waals surface area contributed by atoms with Gasteiger partial charge in [0.15, 0.2) is 0 Å². The number of primary amides is 1. The number of carbonyl (C=O) groups excluding carboxylic acids is 2. The third kappa shape index (κ3) is 3.82. The largest absolute Gasteiger partial charge is 0.366 e. The van der Waals surface area contributed by atoms with E-state index in [1.807, 2.05) is 0 Å². The lowest BCUT2D eigenvalue weighted by atomic mass is 10.1. The molecule has 2 rings (SSSR count). The molecule has 0 radical (unpaired) electrons. The minimum atomic E-state index is -0.587. The molecule has 1 atom stereocenters. The smallest absolute Gasteiger partial charge is 0.250 e. The zero-order valence-corrected chi connectivity index (χ0v) is 12.4. The lowest BCUT2D eigenvalue weighted by molar-refractivity contribution is -0.115. The van der Waals surface area contributed by atoms with E-state index in [9.17, 15) is 9.59 Å². The average molecular weight is 305 g/mol. The first-order valence-corrected chi connectivity index (χ1v) is 7.10. The van der Waals surface area contributed by atoms with Crippen molar-refractivity contribution in [2.45, 2.75) is 24.3 Å². The van der Waals surface area contributed by atoms with Crippen LogP contribution in [0.3, 0.4) is 0 Å². The highest BCUT2D eigenvalue weighted by atomic mass is 32.2. The Balaban J connectivity index is 2.05. The molecule has 0 aliphatic carbocycles. The molecule has 0 aliphatic heterocycles. The number of hydrogen-bond acceptors (Lipinski definition) is 5. The highest BCUT2D eigenvalue weighted by molar-refractivity contribution is 8.00. The van der Waals surface area contributed by atoms with E-state index >= 15 is 0 Å². The number of nitrogens with one attached hydrogen (secondary N) is 2. The Kier molecular flexibility index (Phi) is 4.59. The van der Waals surface area contributed by atoms with Crippen molar-refractivity contribution in [2.24, 2.45) is 5.73 Å². The lowest BCUT2D eigenvalue weighted by Gasteiger charge is -2.12. The average Bonchev–Trinajstić information content (AvgIpc) is 2.84. The van der Waals surface area contributed by atoms with Crippen molar-refractivity contribution in [1.29, 1.82) is 0 Å². The molecule has 2 amide bonds. The van der Waals surface area contributed by atoms with Gasteiger partial charge in [0, 0.05) is 0 Å². The summed E-state index contributed by atoms with van der Waals surface area (Å²) in [5, 5.41) is 9.45. The summed E-state index contributed by atoms with van der Waals surface area (Å²) in [6, 6.07) is 6.60. The van der Waals surface area contributed by atoms with Crippen LogP contribution in [0, 0.1) is 6.92 Å². The zero-order chi connectivity index (χ0) is 15.4. The van der Waals surface area contributed by atoms with Crippen molar-refractivity contribution in [1.82, 2.24) is 15.2 Å². The van der Waals surface area contributed by atoms with Crippen LogP contribution in [0.2, 0.25) is 0 Å². The topological polar surface area (TPSA) is 114 Å². The summed E-state index contributed by atoms with van der Waals surface area (Å²) in [7, 11) is 0. The Morgan fingerprint density at radius 2 is 2.10 bits per heavy atom. The van der Waals surface area contributed by atoms with Crippen molar-refractivity contribution in [2.75, 3.05) is 5.32 Å². The first kappa shape index (κ1) is 15.0. The Labute approximate surface area is 125 Å². The van der Waals surface area contributed by atoms with Crippen molar-refractivity contribution in [3.8, 4) is 0 Å². The Hall–Kier alpha value is -2.35. The molecule has 0 saturated carbocycles. The number of anilines is 1. The van der Waals surface area contributed by atoms with Crippen molar-refractivity contribution < 1.29 is 9.59 Å². The van der Waals surface area contributed by atoms with Crippen LogP contribution in [0.25, 0.3) is 0 Å². The molecule has 1 heterocycles. The number of aromatic amines is 1. The molecule has 0 aliphatic rings. The van der Waals surface area contributed by atoms with Crippen LogP contribution in [0.5, 0.6) is 0 Å². The standard InChI is InChI=1S/C13H15N5O2S/c1-7(21-13-15-8(2)17-18-13)12(20)16-10-6-4-3-5-9(10)11(14)19/h3-7H,1-2H3,(H2,14,19)(H,16,20)(H,15,17,18)/t7-/m0/s1. The molecular weight excluding hydrogens is 290 g/mol. The summed E-state index contributed by atoms with van der Waals surface area (Å²) >= 11 is 1.22. The van der Waals surface area contributed by atoms with E-state index in [0.29, 0.717) is 16.7 Å². The van der Waals surface area contributed by atoms with Gasteiger partial charge in [0.2, 0.25) is 11.1 Å². The van der Waals surface area contributed by atoms with Gasteiger partial charge in [-0.3, -0.25) is 14.7 Å². The van der Waals surface area contributed by atoms with E-state index in [1.165, 1.54) is 11.8 Å². The SMILES string of the molecule is Cc1nc(S[C@@H](C)C(=O)Nc2ccccc2C(N)=O)n[nH]1. The molecule has 110 valence electrons. The lowest BCUT2D eigenvalue weighted by Crippen LogP contribution is -2.24. The third-order valence-electron chi connectivity index (χ3n) is 2.68. The number of hydrogen-bond donors (Lipinski definition) is 3. The molecule has 1 aromatic carbocycles. The number of amides is 2. The van der Waals surface area contributed by atoms with Crippen LogP contribution in [0.4, 0.5) is 5.69 Å². The first-order chi connectivity index (χ1) is 9.97. The number of carbonyl (C=O) groups is 2. The molecular formula is C13H15N5O2S. The van der Waals surface area contributed by atoms with Crippen molar-refractivity contribution >= 4 is 29.3 Å². The predicted molar refractivity (Wildman–Crippen MR) is 80.0 cm³/mol. The molecule has 0 saturated heterocycles. The fourth-order valence-electron chi connectivity index (χ4n) is 1.63. The third-order valence-corrected chi connectivity index (χ3v) is 3.64. The molecule has 7 nitrogen and oxygen atoms in total. The monoisotopic (exact) mass is 305 g/mol.